The van der Waals surface area contributed by atoms with Gasteiger partial charge in [-0.1, -0.05) is 36.4 Å². The van der Waals surface area contributed by atoms with Crippen molar-refractivity contribution in [3.63, 3.8) is 0 Å². The first-order chi connectivity index (χ1) is 16.0. The Bertz CT molecular complexity index is 1030. The molecular formula is C26H31N3O4. The van der Waals surface area contributed by atoms with E-state index in [1.54, 1.807) is 24.3 Å². The van der Waals surface area contributed by atoms with Crippen LogP contribution in [0.4, 0.5) is 10.5 Å². The number of hydrogen-bond acceptors (Lipinski definition) is 4. The summed E-state index contributed by atoms with van der Waals surface area (Å²) in [5.41, 5.74) is 3.92. The molecule has 33 heavy (non-hydrogen) atoms. The molecule has 174 valence electrons. The molecule has 0 unspecified atom stereocenters. The monoisotopic (exact) mass is 449 g/mol. The largest absolute Gasteiger partial charge is 0.467 e. The zero-order chi connectivity index (χ0) is 23.6. The Balaban J connectivity index is 1.74. The molecule has 0 spiro atoms. The van der Waals surface area contributed by atoms with Crippen molar-refractivity contribution in [1.29, 1.82) is 0 Å². The van der Waals surface area contributed by atoms with Gasteiger partial charge in [0.05, 0.1) is 19.4 Å². The summed E-state index contributed by atoms with van der Waals surface area (Å²) < 4.78 is 10.6. The van der Waals surface area contributed by atoms with Gasteiger partial charge in [0.25, 0.3) is 0 Å². The number of rotatable bonds is 10. The fraction of sp³-hybridized carbons (Fsp3) is 0.308. The zero-order valence-electron chi connectivity index (χ0n) is 19.4. The van der Waals surface area contributed by atoms with Crippen molar-refractivity contribution in [2.24, 2.45) is 0 Å². The molecule has 1 N–H and O–H groups in total. The molecule has 0 atom stereocenters. The highest BCUT2D eigenvalue weighted by molar-refractivity contribution is 5.92. The number of nitrogens with one attached hydrogen (secondary N) is 1. The molecule has 1 heterocycles. The van der Waals surface area contributed by atoms with Gasteiger partial charge in [-0.3, -0.25) is 4.79 Å². The molecule has 7 nitrogen and oxygen atoms in total. The number of benzene rings is 2. The number of nitrogens with zero attached hydrogens (tertiary/aromatic N) is 2. The second kappa shape index (κ2) is 11.9. The Kier molecular flexibility index (Phi) is 8.66. The van der Waals surface area contributed by atoms with Gasteiger partial charge in [0.2, 0.25) is 5.91 Å². The molecule has 3 rings (SSSR count). The Hall–Kier alpha value is -3.58. The Morgan fingerprint density at radius 2 is 1.73 bits per heavy atom. The van der Waals surface area contributed by atoms with E-state index in [1.165, 1.54) is 4.90 Å². The van der Waals surface area contributed by atoms with Crippen LogP contribution < -0.4 is 5.32 Å². The molecule has 7 heteroatoms. The van der Waals surface area contributed by atoms with Gasteiger partial charge in [0.15, 0.2) is 0 Å². The third kappa shape index (κ3) is 7.22. The van der Waals surface area contributed by atoms with Gasteiger partial charge in [0.1, 0.15) is 12.3 Å². The molecule has 2 aromatic carbocycles. The summed E-state index contributed by atoms with van der Waals surface area (Å²) in [7, 11) is 1.57. The molecule has 3 aromatic rings. The van der Waals surface area contributed by atoms with Gasteiger partial charge in [-0.2, -0.15) is 0 Å². The van der Waals surface area contributed by atoms with E-state index in [0.29, 0.717) is 37.7 Å². The van der Waals surface area contributed by atoms with Crippen LogP contribution in [-0.4, -0.2) is 48.5 Å². The van der Waals surface area contributed by atoms with E-state index in [1.807, 2.05) is 68.4 Å². The van der Waals surface area contributed by atoms with Crippen LogP contribution in [-0.2, 0) is 22.6 Å². The number of carbonyl (C=O) groups is 2. The van der Waals surface area contributed by atoms with Crippen LogP contribution in [0.25, 0.3) is 0 Å². The van der Waals surface area contributed by atoms with E-state index in [2.05, 4.69) is 5.32 Å². The summed E-state index contributed by atoms with van der Waals surface area (Å²) in [5, 5.41) is 2.90. The topological polar surface area (TPSA) is 75.0 Å². The van der Waals surface area contributed by atoms with Crippen molar-refractivity contribution in [3.8, 4) is 0 Å². The lowest BCUT2D eigenvalue weighted by Crippen LogP contribution is -2.45. The van der Waals surface area contributed by atoms with Crippen molar-refractivity contribution in [2.75, 3.05) is 32.1 Å². The number of hydrogen-bond donors (Lipinski definition) is 1. The normalized spacial score (nSPS) is 10.6. The average molecular weight is 450 g/mol. The van der Waals surface area contributed by atoms with Gasteiger partial charge >= 0.3 is 6.03 Å². The van der Waals surface area contributed by atoms with E-state index in [4.69, 9.17) is 9.15 Å². The number of anilines is 1. The van der Waals surface area contributed by atoms with Gasteiger partial charge in [-0.05, 0) is 54.8 Å². The molecule has 3 amide bonds. The predicted octanol–water partition coefficient (Wildman–Crippen LogP) is 4.61. The summed E-state index contributed by atoms with van der Waals surface area (Å²) in [6, 6.07) is 18.8. The standard InChI is InChI=1S/C26H31N3O4/c1-20-11-12-23(16-21(20)2)27-26(31)28(13-15-32-3)19-25(30)29(18-24-10-7-14-33-24)17-22-8-5-4-6-9-22/h4-12,14,16H,13,15,17-19H2,1-3H3,(H,27,31). The maximum Gasteiger partial charge on any atom is 0.322 e. The van der Waals surface area contributed by atoms with Crippen molar-refractivity contribution in [3.05, 3.63) is 89.4 Å². The van der Waals surface area contributed by atoms with Gasteiger partial charge < -0.3 is 24.3 Å². The molecule has 0 aliphatic carbocycles. The summed E-state index contributed by atoms with van der Waals surface area (Å²) in [6.07, 6.45) is 1.59. The van der Waals surface area contributed by atoms with E-state index >= 15 is 0 Å². The first-order valence-corrected chi connectivity index (χ1v) is 10.9. The van der Waals surface area contributed by atoms with E-state index in [9.17, 15) is 9.59 Å². The molecule has 0 aliphatic rings. The maximum atomic E-state index is 13.3. The van der Waals surface area contributed by atoms with E-state index < -0.39 is 0 Å². The van der Waals surface area contributed by atoms with Crippen molar-refractivity contribution < 1.29 is 18.7 Å². The molecule has 0 radical (unpaired) electrons. The maximum absolute atomic E-state index is 13.3. The highest BCUT2D eigenvalue weighted by Gasteiger charge is 2.22. The zero-order valence-corrected chi connectivity index (χ0v) is 19.4. The minimum atomic E-state index is -0.346. The molecular weight excluding hydrogens is 418 g/mol. The molecule has 0 saturated carbocycles. The summed E-state index contributed by atoms with van der Waals surface area (Å²) in [6.45, 7) is 5.28. The Labute approximate surface area is 194 Å². The number of ether oxygens (including phenoxy) is 1. The summed E-state index contributed by atoms with van der Waals surface area (Å²) in [5.74, 6) is 0.504. The molecule has 0 aliphatic heterocycles. The Morgan fingerprint density at radius 1 is 0.939 bits per heavy atom. The minimum Gasteiger partial charge on any atom is -0.467 e. The lowest BCUT2D eigenvalue weighted by Gasteiger charge is -2.27. The van der Waals surface area contributed by atoms with Gasteiger partial charge in [-0.25, -0.2) is 4.79 Å². The predicted molar refractivity (Wildman–Crippen MR) is 128 cm³/mol. The van der Waals surface area contributed by atoms with Crippen molar-refractivity contribution >= 4 is 17.6 Å². The fourth-order valence-corrected chi connectivity index (χ4v) is 3.37. The summed E-state index contributed by atoms with van der Waals surface area (Å²) in [4.78, 5) is 29.5. The third-order valence-electron chi connectivity index (χ3n) is 5.43. The second-order valence-corrected chi connectivity index (χ2v) is 7.96. The van der Waals surface area contributed by atoms with Gasteiger partial charge in [-0.15, -0.1) is 0 Å². The van der Waals surface area contributed by atoms with Crippen LogP contribution in [0.2, 0.25) is 0 Å². The first-order valence-electron chi connectivity index (χ1n) is 10.9. The lowest BCUT2D eigenvalue weighted by atomic mass is 10.1. The van der Waals surface area contributed by atoms with Crippen LogP contribution in [0, 0.1) is 13.8 Å². The highest BCUT2D eigenvalue weighted by atomic mass is 16.5. The quantitative estimate of drug-likeness (QED) is 0.491. The highest BCUT2D eigenvalue weighted by Crippen LogP contribution is 2.16. The van der Waals surface area contributed by atoms with E-state index in [0.717, 1.165) is 16.7 Å². The van der Waals surface area contributed by atoms with Crippen LogP contribution in [0.15, 0.2) is 71.3 Å². The molecule has 0 bridgehead atoms. The van der Waals surface area contributed by atoms with Gasteiger partial charge in [0, 0.05) is 25.9 Å². The fourth-order valence-electron chi connectivity index (χ4n) is 3.37. The third-order valence-corrected chi connectivity index (χ3v) is 5.43. The van der Waals surface area contributed by atoms with Crippen molar-refractivity contribution in [1.82, 2.24) is 9.80 Å². The Morgan fingerprint density at radius 3 is 2.39 bits per heavy atom. The number of aryl methyl sites for hydroxylation is 2. The smallest absolute Gasteiger partial charge is 0.322 e. The van der Waals surface area contributed by atoms with E-state index in [-0.39, 0.29) is 18.5 Å². The minimum absolute atomic E-state index is 0.0758. The number of amides is 3. The molecule has 0 fully saturated rings. The van der Waals surface area contributed by atoms with Crippen LogP contribution in [0.5, 0.6) is 0 Å². The lowest BCUT2D eigenvalue weighted by molar-refractivity contribution is -0.133. The molecule has 0 saturated heterocycles. The molecule has 1 aromatic heterocycles. The average Bonchev–Trinajstić information content (AvgIpc) is 3.32. The summed E-state index contributed by atoms with van der Waals surface area (Å²) >= 11 is 0. The SMILES string of the molecule is COCCN(CC(=O)N(Cc1ccccc1)Cc1ccco1)C(=O)Nc1ccc(C)c(C)c1. The van der Waals surface area contributed by atoms with Crippen LogP contribution in [0.3, 0.4) is 0 Å². The van der Waals surface area contributed by atoms with Crippen LogP contribution in [0.1, 0.15) is 22.5 Å². The number of carbonyl (C=O) groups excluding carboxylic acids is 2. The number of furan rings is 1. The second-order valence-electron chi connectivity index (χ2n) is 7.96. The number of methoxy groups -OCH3 is 1. The number of urea groups is 1. The first kappa shape index (κ1) is 24.1. The van der Waals surface area contributed by atoms with Crippen molar-refractivity contribution in [2.45, 2.75) is 26.9 Å². The van der Waals surface area contributed by atoms with Crippen LogP contribution >= 0.6 is 0 Å².